The van der Waals surface area contributed by atoms with Crippen molar-refractivity contribution in [1.29, 1.82) is 0 Å². The van der Waals surface area contributed by atoms with Crippen LogP contribution in [0, 0.1) is 12.7 Å². The molecule has 1 heterocycles. The quantitative estimate of drug-likeness (QED) is 0.903. The van der Waals surface area contributed by atoms with Crippen molar-refractivity contribution in [3.8, 4) is 17.1 Å². The number of ether oxygens (including phenoxy) is 1. The summed E-state index contributed by atoms with van der Waals surface area (Å²) in [7, 11) is 1.26. The molecule has 2 rings (SSSR count). The Balaban J connectivity index is 2.71. The van der Waals surface area contributed by atoms with Gasteiger partial charge in [0.25, 0.3) is 0 Å². The second kappa shape index (κ2) is 5.53. The fourth-order valence-corrected chi connectivity index (χ4v) is 1.98. The fourth-order valence-electron chi connectivity index (χ4n) is 1.75. The molecule has 1 aromatic heterocycles. The number of nitrogens with two attached hydrogens (primary N) is 1. The lowest BCUT2D eigenvalue weighted by molar-refractivity contribution is 0.0689. The average Bonchev–Trinajstić information content (AvgIpc) is 2.42. The highest BCUT2D eigenvalue weighted by atomic mass is 35.5. The molecule has 3 N–H and O–H groups in total. The van der Waals surface area contributed by atoms with Crippen molar-refractivity contribution in [3.05, 3.63) is 34.2 Å². The summed E-state index contributed by atoms with van der Waals surface area (Å²) in [5, 5.41) is 9.17. The van der Waals surface area contributed by atoms with Gasteiger partial charge in [0.2, 0.25) is 0 Å². The Labute approximate surface area is 124 Å². The molecule has 0 spiro atoms. The molecule has 0 amide bonds. The van der Waals surface area contributed by atoms with Crippen LogP contribution in [0.25, 0.3) is 11.4 Å². The maximum atomic E-state index is 14.3. The van der Waals surface area contributed by atoms with Crippen LogP contribution in [0.15, 0.2) is 12.1 Å². The molecule has 0 aliphatic heterocycles. The molecule has 0 fully saturated rings. The SMILES string of the molecule is COc1c(Cl)ccc(-c2nc(N)c(C)c(C(=O)O)n2)c1F. The molecule has 0 saturated carbocycles. The molecular weight excluding hydrogens is 301 g/mol. The van der Waals surface area contributed by atoms with Gasteiger partial charge < -0.3 is 15.6 Å². The van der Waals surface area contributed by atoms with Crippen LogP contribution in [0.2, 0.25) is 5.02 Å². The van der Waals surface area contributed by atoms with Gasteiger partial charge >= 0.3 is 5.97 Å². The van der Waals surface area contributed by atoms with Crippen molar-refractivity contribution in [2.45, 2.75) is 6.92 Å². The van der Waals surface area contributed by atoms with Crippen LogP contribution in [-0.4, -0.2) is 28.2 Å². The number of carbonyl (C=O) groups is 1. The van der Waals surface area contributed by atoms with Crippen LogP contribution in [-0.2, 0) is 0 Å². The first-order chi connectivity index (χ1) is 9.86. The summed E-state index contributed by atoms with van der Waals surface area (Å²) in [4.78, 5) is 18.9. The van der Waals surface area contributed by atoms with Gasteiger partial charge in [-0.05, 0) is 19.1 Å². The molecule has 0 radical (unpaired) electrons. The highest BCUT2D eigenvalue weighted by Crippen LogP contribution is 2.34. The maximum Gasteiger partial charge on any atom is 0.354 e. The third-order valence-corrected chi connectivity index (χ3v) is 3.18. The Kier molecular flexibility index (Phi) is 3.95. The van der Waals surface area contributed by atoms with Crippen LogP contribution in [0.4, 0.5) is 10.2 Å². The smallest absolute Gasteiger partial charge is 0.354 e. The topological polar surface area (TPSA) is 98.3 Å². The normalized spacial score (nSPS) is 10.5. The zero-order valence-electron chi connectivity index (χ0n) is 11.1. The van der Waals surface area contributed by atoms with E-state index < -0.39 is 11.8 Å². The lowest BCUT2D eigenvalue weighted by atomic mass is 10.1. The van der Waals surface area contributed by atoms with Crippen molar-refractivity contribution in [3.63, 3.8) is 0 Å². The predicted molar refractivity (Wildman–Crippen MR) is 75.1 cm³/mol. The van der Waals surface area contributed by atoms with Crippen LogP contribution in [0.1, 0.15) is 16.1 Å². The molecule has 0 aliphatic rings. The summed E-state index contributed by atoms with van der Waals surface area (Å²) in [6.45, 7) is 1.47. The van der Waals surface area contributed by atoms with E-state index in [4.69, 9.17) is 27.2 Å². The second-order valence-electron chi connectivity index (χ2n) is 4.15. The monoisotopic (exact) mass is 311 g/mol. The molecule has 0 atom stereocenters. The Morgan fingerprint density at radius 3 is 2.67 bits per heavy atom. The van der Waals surface area contributed by atoms with Gasteiger partial charge in [0.15, 0.2) is 23.1 Å². The van der Waals surface area contributed by atoms with Crippen LogP contribution in [0.3, 0.4) is 0 Å². The van der Waals surface area contributed by atoms with Gasteiger partial charge in [-0.15, -0.1) is 0 Å². The van der Waals surface area contributed by atoms with E-state index in [2.05, 4.69) is 9.97 Å². The van der Waals surface area contributed by atoms with E-state index in [1.165, 1.54) is 26.2 Å². The largest absolute Gasteiger partial charge is 0.492 e. The van der Waals surface area contributed by atoms with E-state index in [0.717, 1.165) is 0 Å². The van der Waals surface area contributed by atoms with E-state index in [0.29, 0.717) is 0 Å². The van der Waals surface area contributed by atoms with Crippen molar-refractivity contribution in [1.82, 2.24) is 9.97 Å². The van der Waals surface area contributed by atoms with Gasteiger partial charge in [0.05, 0.1) is 17.7 Å². The zero-order valence-corrected chi connectivity index (χ0v) is 11.9. The first kappa shape index (κ1) is 15.0. The minimum Gasteiger partial charge on any atom is -0.492 e. The van der Waals surface area contributed by atoms with E-state index in [1.807, 2.05) is 0 Å². The number of anilines is 1. The number of carboxylic acid groups (broad SMARTS) is 1. The predicted octanol–water partition coefficient (Wildman–Crippen LogP) is 2.53. The molecule has 0 aliphatic carbocycles. The van der Waals surface area contributed by atoms with Gasteiger partial charge in [0, 0.05) is 5.56 Å². The molecule has 0 saturated heterocycles. The fraction of sp³-hybridized carbons (Fsp3) is 0.154. The molecule has 2 aromatic rings. The Hall–Kier alpha value is -2.41. The standard InChI is InChI=1S/C13H11ClFN3O3/c1-5-9(13(19)20)17-12(18-11(5)16)6-3-4-7(14)10(21-2)8(6)15/h3-4H,1-2H3,(H,19,20)(H2,16,17,18). The van der Waals surface area contributed by atoms with Gasteiger partial charge in [-0.25, -0.2) is 19.2 Å². The molecule has 8 heteroatoms. The number of hydrogen-bond acceptors (Lipinski definition) is 5. The third kappa shape index (κ3) is 2.59. The maximum absolute atomic E-state index is 14.3. The first-order valence-corrected chi connectivity index (χ1v) is 6.14. The lowest BCUT2D eigenvalue weighted by Crippen LogP contribution is -2.10. The van der Waals surface area contributed by atoms with Crippen molar-refractivity contribution >= 4 is 23.4 Å². The van der Waals surface area contributed by atoms with Crippen molar-refractivity contribution < 1.29 is 19.0 Å². The Morgan fingerprint density at radius 2 is 2.10 bits per heavy atom. The van der Waals surface area contributed by atoms with Crippen LogP contribution >= 0.6 is 11.6 Å². The molecular formula is C13H11ClFN3O3. The molecule has 110 valence electrons. The number of aromatic nitrogens is 2. The van der Waals surface area contributed by atoms with Crippen LogP contribution in [0.5, 0.6) is 5.75 Å². The number of carboxylic acids is 1. The number of benzene rings is 1. The van der Waals surface area contributed by atoms with Gasteiger partial charge in [0.1, 0.15) is 5.82 Å². The Morgan fingerprint density at radius 1 is 1.43 bits per heavy atom. The number of halogens is 2. The summed E-state index contributed by atoms with van der Waals surface area (Å²) in [6, 6.07) is 2.73. The minimum absolute atomic E-state index is 0.0364. The van der Waals surface area contributed by atoms with Gasteiger partial charge in [-0.2, -0.15) is 0 Å². The first-order valence-electron chi connectivity index (χ1n) is 5.76. The molecule has 0 unspecified atom stereocenters. The number of hydrogen-bond donors (Lipinski definition) is 2. The third-order valence-electron chi connectivity index (χ3n) is 2.88. The van der Waals surface area contributed by atoms with E-state index >= 15 is 0 Å². The summed E-state index contributed by atoms with van der Waals surface area (Å²) in [6.07, 6.45) is 0. The summed E-state index contributed by atoms with van der Waals surface area (Å²) >= 11 is 5.80. The Bertz CT molecular complexity index is 737. The van der Waals surface area contributed by atoms with Gasteiger partial charge in [-0.1, -0.05) is 11.6 Å². The zero-order chi connectivity index (χ0) is 15.7. The summed E-state index contributed by atoms with van der Waals surface area (Å²) in [5.41, 5.74) is 5.53. The molecule has 6 nitrogen and oxygen atoms in total. The molecule has 0 bridgehead atoms. The number of nitrogen functional groups attached to an aromatic ring is 1. The number of methoxy groups -OCH3 is 1. The second-order valence-corrected chi connectivity index (χ2v) is 4.56. The highest BCUT2D eigenvalue weighted by Gasteiger charge is 2.20. The van der Waals surface area contributed by atoms with Crippen molar-refractivity contribution in [2.24, 2.45) is 0 Å². The number of nitrogens with zero attached hydrogens (tertiary/aromatic N) is 2. The lowest BCUT2D eigenvalue weighted by Gasteiger charge is -2.10. The van der Waals surface area contributed by atoms with E-state index in [9.17, 15) is 9.18 Å². The number of rotatable bonds is 3. The van der Waals surface area contributed by atoms with Crippen molar-refractivity contribution in [2.75, 3.05) is 12.8 Å². The molecule has 1 aromatic carbocycles. The number of aromatic carboxylic acids is 1. The summed E-state index contributed by atoms with van der Waals surface area (Å²) < 4.78 is 19.2. The van der Waals surface area contributed by atoms with Crippen LogP contribution < -0.4 is 10.5 Å². The summed E-state index contributed by atoms with van der Waals surface area (Å²) in [5.74, 6) is -2.42. The van der Waals surface area contributed by atoms with E-state index in [-0.39, 0.29) is 39.2 Å². The average molecular weight is 312 g/mol. The van der Waals surface area contributed by atoms with E-state index in [1.54, 1.807) is 0 Å². The minimum atomic E-state index is -1.27. The van der Waals surface area contributed by atoms with Gasteiger partial charge in [-0.3, -0.25) is 0 Å². The molecule has 21 heavy (non-hydrogen) atoms. The highest BCUT2D eigenvalue weighted by molar-refractivity contribution is 6.32.